The van der Waals surface area contributed by atoms with Crippen molar-refractivity contribution in [1.29, 1.82) is 0 Å². The van der Waals surface area contributed by atoms with Gasteiger partial charge in [0.05, 0.1) is 0 Å². The molecule has 1 aliphatic carbocycles. The number of alkyl halides is 1. The molecular weight excluding hydrogens is 278 g/mol. The van der Waals surface area contributed by atoms with Crippen LogP contribution < -0.4 is 0 Å². The van der Waals surface area contributed by atoms with Gasteiger partial charge in [0.15, 0.2) is 0 Å². The van der Waals surface area contributed by atoms with Gasteiger partial charge in [-0.05, 0) is 44.4 Å². The molecule has 3 heteroatoms. The van der Waals surface area contributed by atoms with Crippen LogP contribution in [0.1, 0.15) is 57.8 Å². The summed E-state index contributed by atoms with van der Waals surface area (Å²) in [7, 11) is 0. The molecule has 17 heavy (non-hydrogen) atoms. The van der Waals surface area contributed by atoms with Gasteiger partial charge in [-0.25, -0.2) is 0 Å². The molecule has 98 valence electrons. The fraction of sp³-hybridized carbons (Fsp3) is 0.929. The van der Waals surface area contributed by atoms with Crippen LogP contribution in [0, 0.1) is 5.92 Å². The summed E-state index contributed by atoms with van der Waals surface area (Å²) in [4.78, 5) is 14.5. The molecule has 1 saturated carbocycles. The first-order valence-electron chi connectivity index (χ1n) is 7.16. The SMILES string of the molecule is O=C(CC1CCCC1)N1CCCC1CCCBr. The van der Waals surface area contributed by atoms with E-state index in [1.54, 1.807) is 0 Å². The fourth-order valence-electron chi connectivity index (χ4n) is 3.36. The Morgan fingerprint density at radius 3 is 2.65 bits per heavy atom. The van der Waals surface area contributed by atoms with Crippen LogP contribution in [0.5, 0.6) is 0 Å². The highest BCUT2D eigenvalue weighted by atomic mass is 79.9. The first-order valence-corrected chi connectivity index (χ1v) is 8.29. The van der Waals surface area contributed by atoms with E-state index in [4.69, 9.17) is 0 Å². The van der Waals surface area contributed by atoms with Gasteiger partial charge >= 0.3 is 0 Å². The third-order valence-electron chi connectivity index (χ3n) is 4.31. The van der Waals surface area contributed by atoms with Gasteiger partial charge in [-0.1, -0.05) is 28.8 Å². The Balaban J connectivity index is 1.80. The number of nitrogens with zero attached hydrogens (tertiary/aromatic N) is 1. The molecule has 1 atom stereocenters. The van der Waals surface area contributed by atoms with E-state index < -0.39 is 0 Å². The van der Waals surface area contributed by atoms with Crippen molar-refractivity contribution in [3.63, 3.8) is 0 Å². The van der Waals surface area contributed by atoms with Crippen LogP contribution in [0.25, 0.3) is 0 Å². The average molecular weight is 302 g/mol. The van der Waals surface area contributed by atoms with E-state index in [0.717, 1.165) is 18.3 Å². The zero-order chi connectivity index (χ0) is 12.1. The molecule has 1 heterocycles. The van der Waals surface area contributed by atoms with Crippen molar-refractivity contribution in [2.75, 3.05) is 11.9 Å². The molecule has 0 aromatic heterocycles. The maximum absolute atomic E-state index is 12.3. The van der Waals surface area contributed by atoms with Crippen molar-refractivity contribution in [3.8, 4) is 0 Å². The van der Waals surface area contributed by atoms with Gasteiger partial charge in [0.2, 0.25) is 5.91 Å². The molecule has 1 amide bonds. The maximum Gasteiger partial charge on any atom is 0.223 e. The van der Waals surface area contributed by atoms with Crippen LogP contribution >= 0.6 is 15.9 Å². The second-order valence-corrected chi connectivity index (χ2v) is 6.36. The van der Waals surface area contributed by atoms with Crippen LogP contribution in [0.15, 0.2) is 0 Å². The van der Waals surface area contributed by atoms with Gasteiger partial charge in [0.25, 0.3) is 0 Å². The Hall–Kier alpha value is -0.0500. The Morgan fingerprint density at radius 2 is 1.94 bits per heavy atom. The highest BCUT2D eigenvalue weighted by Gasteiger charge is 2.29. The van der Waals surface area contributed by atoms with Crippen molar-refractivity contribution in [2.45, 2.75) is 63.8 Å². The monoisotopic (exact) mass is 301 g/mol. The van der Waals surface area contributed by atoms with E-state index in [-0.39, 0.29) is 0 Å². The first kappa shape index (κ1) is 13.4. The quantitative estimate of drug-likeness (QED) is 0.709. The molecule has 0 aromatic carbocycles. The van der Waals surface area contributed by atoms with Gasteiger partial charge in [0.1, 0.15) is 0 Å². The molecule has 0 N–H and O–H groups in total. The summed E-state index contributed by atoms with van der Waals surface area (Å²) in [5.74, 6) is 1.13. The number of likely N-dealkylation sites (tertiary alicyclic amines) is 1. The van der Waals surface area contributed by atoms with Gasteiger partial charge < -0.3 is 4.90 Å². The van der Waals surface area contributed by atoms with E-state index in [9.17, 15) is 4.79 Å². The summed E-state index contributed by atoms with van der Waals surface area (Å²) >= 11 is 3.48. The lowest BCUT2D eigenvalue weighted by atomic mass is 10.0. The van der Waals surface area contributed by atoms with Crippen molar-refractivity contribution >= 4 is 21.8 Å². The fourth-order valence-corrected chi connectivity index (χ4v) is 3.68. The smallest absolute Gasteiger partial charge is 0.223 e. The number of carbonyl (C=O) groups excluding carboxylic acids is 1. The van der Waals surface area contributed by atoms with E-state index in [2.05, 4.69) is 20.8 Å². The first-order chi connectivity index (χ1) is 8.31. The summed E-state index contributed by atoms with van der Waals surface area (Å²) in [6.45, 7) is 1.01. The number of hydrogen-bond acceptors (Lipinski definition) is 1. The highest BCUT2D eigenvalue weighted by molar-refractivity contribution is 9.09. The Morgan fingerprint density at radius 1 is 1.18 bits per heavy atom. The molecule has 0 bridgehead atoms. The minimum Gasteiger partial charge on any atom is -0.340 e. The molecule has 0 radical (unpaired) electrons. The lowest BCUT2D eigenvalue weighted by molar-refractivity contribution is -0.133. The molecule has 2 rings (SSSR count). The van der Waals surface area contributed by atoms with Crippen LogP contribution in [-0.4, -0.2) is 28.7 Å². The maximum atomic E-state index is 12.3. The lowest BCUT2D eigenvalue weighted by Crippen LogP contribution is -2.36. The largest absolute Gasteiger partial charge is 0.340 e. The lowest BCUT2D eigenvalue weighted by Gasteiger charge is -2.26. The third kappa shape index (κ3) is 3.70. The number of amides is 1. The normalized spacial score (nSPS) is 25.7. The van der Waals surface area contributed by atoms with E-state index in [1.807, 2.05) is 0 Å². The standard InChI is InChI=1S/C14H24BrNO/c15-9-3-7-13-8-4-10-16(13)14(17)11-12-5-1-2-6-12/h12-13H,1-11H2. The van der Waals surface area contributed by atoms with Crippen molar-refractivity contribution in [1.82, 2.24) is 4.90 Å². The zero-order valence-electron chi connectivity index (χ0n) is 10.7. The second kappa shape index (κ2) is 6.77. The van der Waals surface area contributed by atoms with Crippen molar-refractivity contribution < 1.29 is 4.79 Å². The van der Waals surface area contributed by atoms with E-state index in [1.165, 1.54) is 51.4 Å². The molecule has 1 aliphatic heterocycles. The molecule has 1 unspecified atom stereocenters. The van der Waals surface area contributed by atoms with Crippen LogP contribution in [0.2, 0.25) is 0 Å². The van der Waals surface area contributed by atoms with Crippen LogP contribution in [-0.2, 0) is 4.79 Å². The van der Waals surface area contributed by atoms with E-state index in [0.29, 0.717) is 17.9 Å². The highest BCUT2D eigenvalue weighted by Crippen LogP contribution is 2.30. The predicted octanol–water partition coefficient (Wildman–Crippen LogP) is 3.73. The zero-order valence-corrected chi connectivity index (χ0v) is 12.3. The topological polar surface area (TPSA) is 20.3 Å². The van der Waals surface area contributed by atoms with Gasteiger partial charge in [-0.2, -0.15) is 0 Å². The summed E-state index contributed by atoms with van der Waals surface area (Å²) in [5.41, 5.74) is 0. The number of hydrogen-bond donors (Lipinski definition) is 0. The van der Waals surface area contributed by atoms with Crippen molar-refractivity contribution in [2.24, 2.45) is 5.92 Å². The summed E-state index contributed by atoms with van der Waals surface area (Å²) in [6.07, 6.45) is 10.9. The molecule has 0 spiro atoms. The number of rotatable bonds is 5. The minimum absolute atomic E-state index is 0.439. The minimum atomic E-state index is 0.439. The predicted molar refractivity (Wildman–Crippen MR) is 74.3 cm³/mol. The van der Waals surface area contributed by atoms with Gasteiger partial charge in [0, 0.05) is 24.3 Å². The molecule has 2 nitrogen and oxygen atoms in total. The average Bonchev–Trinajstić information content (AvgIpc) is 2.96. The number of halogens is 1. The Labute approximate surface area is 113 Å². The summed E-state index contributed by atoms with van der Waals surface area (Å²) in [5, 5.41) is 1.06. The van der Waals surface area contributed by atoms with E-state index >= 15 is 0 Å². The van der Waals surface area contributed by atoms with Crippen LogP contribution in [0.3, 0.4) is 0 Å². The molecule has 2 aliphatic rings. The Kier molecular flexibility index (Phi) is 5.33. The second-order valence-electron chi connectivity index (χ2n) is 5.57. The van der Waals surface area contributed by atoms with Gasteiger partial charge in [-0.3, -0.25) is 4.79 Å². The molecule has 1 saturated heterocycles. The summed E-state index contributed by atoms with van der Waals surface area (Å²) in [6, 6.07) is 0.543. The van der Waals surface area contributed by atoms with Gasteiger partial charge in [-0.15, -0.1) is 0 Å². The van der Waals surface area contributed by atoms with Crippen molar-refractivity contribution in [3.05, 3.63) is 0 Å². The Bertz CT molecular complexity index is 251. The summed E-state index contributed by atoms with van der Waals surface area (Å²) < 4.78 is 0. The molecule has 0 aromatic rings. The molecular formula is C14H24BrNO. The molecule has 2 fully saturated rings. The van der Waals surface area contributed by atoms with Crippen LogP contribution in [0.4, 0.5) is 0 Å². The number of carbonyl (C=O) groups is 1. The third-order valence-corrected chi connectivity index (χ3v) is 4.87.